The summed E-state index contributed by atoms with van der Waals surface area (Å²) in [6.07, 6.45) is 9.00. The number of pyridine rings is 1. The largest absolute Gasteiger partial charge is 0.321 e. The molecule has 0 bridgehead atoms. The van der Waals surface area contributed by atoms with Crippen molar-refractivity contribution in [3.8, 4) is 0 Å². The van der Waals surface area contributed by atoms with Gasteiger partial charge in [-0.1, -0.05) is 74.2 Å². The van der Waals surface area contributed by atoms with Crippen molar-refractivity contribution in [3.63, 3.8) is 0 Å². The van der Waals surface area contributed by atoms with E-state index in [1.807, 2.05) is 13.0 Å². The van der Waals surface area contributed by atoms with Gasteiger partial charge in [0.05, 0.1) is 17.1 Å². The van der Waals surface area contributed by atoms with E-state index in [2.05, 4.69) is 78.6 Å². The molecule has 2 fully saturated rings. The van der Waals surface area contributed by atoms with Crippen molar-refractivity contribution in [2.24, 2.45) is 0 Å². The molecule has 2 aromatic carbocycles. The number of aromatic amines is 1. The molecule has 2 heterocycles. The summed E-state index contributed by atoms with van der Waals surface area (Å²) in [6.45, 7) is 3.32. The van der Waals surface area contributed by atoms with Crippen molar-refractivity contribution in [1.82, 2.24) is 30.1 Å². The van der Waals surface area contributed by atoms with E-state index < -0.39 is 0 Å². The highest BCUT2D eigenvalue weighted by molar-refractivity contribution is 5.81. The molecule has 0 atom stereocenters. The Morgan fingerprint density at radius 1 is 1.00 bits per heavy atom. The lowest BCUT2D eigenvalue weighted by Gasteiger charge is -2.41. The van der Waals surface area contributed by atoms with Crippen LogP contribution in [0, 0.1) is 6.92 Å². The van der Waals surface area contributed by atoms with Crippen molar-refractivity contribution in [3.05, 3.63) is 87.5 Å². The molecule has 0 aliphatic heterocycles. The van der Waals surface area contributed by atoms with E-state index in [0.717, 1.165) is 72.9 Å². The number of aryl methyl sites for hydroxylation is 1. The zero-order chi connectivity index (χ0) is 24.5. The third-order valence-electron chi connectivity index (χ3n) is 8.36. The van der Waals surface area contributed by atoms with Crippen LogP contribution in [0.5, 0.6) is 0 Å². The Balaban J connectivity index is 1.45. The van der Waals surface area contributed by atoms with Gasteiger partial charge in [-0.25, -0.2) is 4.68 Å². The molecule has 4 aromatic rings. The van der Waals surface area contributed by atoms with Gasteiger partial charge in [0.2, 0.25) is 0 Å². The number of tetrazole rings is 1. The van der Waals surface area contributed by atoms with Crippen molar-refractivity contribution >= 4 is 10.9 Å². The summed E-state index contributed by atoms with van der Waals surface area (Å²) < 4.78 is 2.13. The van der Waals surface area contributed by atoms with Crippen LogP contribution in [-0.4, -0.2) is 30.1 Å². The Hall–Kier alpha value is -3.32. The van der Waals surface area contributed by atoms with Gasteiger partial charge in [0.15, 0.2) is 5.82 Å². The molecule has 2 saturated carbocycles. The van der Waals surface area contributed by atoms with E-state index in [-0.39, 0.29) is 11.1 Å². The highest BCUT2D eigenvalue weighted by atomic mass is 16.1. The minimum Gasteiger partial charge on any atom is -0.321 e. The Labute approximate surface area is 211 Å². The number of rotatable bonds is 7. The molecule has 2 aliphatic carbocycles. The van der Waals surface area contributed by atoms with E-state index >= 15 is 0 Å². The second kappa shape index (κ2) is 9.62. The lowest BCUT2D eigenvalue weighted by atomic mass is 9.91. The maximum atomic E-state index is 13.3. The summed E-state index contributed by atoms with van der Waals surface area (Å²) in [5, 5.41) is 14.5. The van der Waals surface area contributed by atoms with Gasteiger partial charge in [-0.15, -0.1) is 5.10 Å². The molecule has 2 aliphatic rings. The van der Waals surface area contributed by atoms with Crippen LogP contribution in [0.3, 0.4) is 0 Å². The van der Waals surface area contributed by atoms with Crippen LogP contribution >= 0.6 is 0 Å². The lowest BCUT2D eigenvalue weighted by Crippen LogP contribution is -2.46. The zero-order valence-corrected chi connectivity index (χ0v) is 21.0. The molecule has 186 valence electrons. The molecule has 7 heteroatoms. The van der Waals surface area contributed by atoms with Crippen LogP contribution in [0.1, 0.15) is 79.9 Å². The van der Waals surface area contributed by atoms with Crippen molar-refractivity contribution < 1.29 is 0 Å². The average Bonchev–Trinajstić information content (AvgIpc) is 3.67. The quantitative estimate of drug-likeness (QED) is 0.381. The standard InChI is InChI=1S/C29H34N6O/c1-21-10-9-13-23-18-24(27(36)30-26(21)23)20-34(19-22-11-3-2-4-12-22)29(16-7-8-17-29)28-31-32-33-35(28)25-14-5-6-15-25/h2-4,9-13,18,25H,5-8,14-17,19-20H2,1H3,(H,30,36). The first kappa shape index (κ1) is 23.1. The van der Waals surface area contributed by atoms with Crippen LogP contribution in [0.2, 0.25) is 0 Å². The molecule has 0 radical (unpaired) electrons. The summed E-state index contributed by atoms with van der Waals surface area (Å²) in [5.74, 6) is 0.982. The number of nitrogens with one attached hydrogen (secondary N) is 1. The van der Waals surface area contributed by atoms with Gasteiger partial charge >= 0.3 is 0 Å². The van der Waals surface area contributed by atoms with Crippen molar-refractivity contribution in [2.75, 3.05) is 0 Å². The number of hydrogen-bond donors (Lipinski definition) is 1. The summed E-state index contributed by atoms with van der Waals surface area (Å²) in [7, 11) is 0. The van der Waals surface area contributed by atoms with E-state index in [4.69, 9.17) is 0 Å². The molecule has 0 unspecified atom stereocenters. The van der Waals surface area contributed by atoms with Crippen LogP contribution in [0.15, 0.2) is 59.4 Å². The summed E-state index contributed by atoms with van der Waals surface area (Å²) in [6, 6.07) is 19.2. The van der Waals surface area contributed by atoms with E-state index in [0.29, 0.717) is 12.6 Å². The number of para-hydroxylation sites is 1. The Kier molecular flexibility index (Phi) is 6.17. The summed E-state index contributed by atoms with van der Waals surface area (Å²) in [5.41, 5.74) is 3.71. The first-order valence-corrected chi connectivity index (χ1v) is 13.3. The first-order chi connectivity index (χ1) is 17.6. The monoisotopic (exact) mass is 482 g/mol. The summed E-state index contributed by atoms with van der Waals surface area (Å²) in [4.78, 5) is 19.0. The molecule has 0 amide bonds. The molecule has 2 aromatic heterocycles. The van der Waals surface area contributed by atoms with Crippen molar-refractivity contribution in [2.45, 2.75) is 83.0 Å². The normalized spacial score (nSPS) is 17.9. The second-order valence-electron chi connectivity index (χ2n) is 10.6. The Morgan fingerprint density at radius 2 is 1.78 bits per heavy atom. The fourth-order valence-electron chi connectivity index (χ4n) is 6.45. The third-order valence-corrected chi connectivity index (χ3v) is 8.36. The fourth-order valence-corrected chi connectivity index (χ4v) is 6.45. The highest BCUT2D eigenvalue weighted by Crippen LogP contribution is 2.46. The number of aromatic nitrogens is 5. The van der Waals surface area contributed by atoms with Gasteiger partial charge in [0.1, 0.15) is 0 Å². The Bertz CT molecular complexity index is 1400. The third kappa shape index (κ3) is 4.15. The second-order valence-corrected chi connectivity index (χ2v) is 10.6. The van der Waals surface area contributed by atoms with Gasteiger partial charge in [0, 0.05) is 18.7 Å². The SMILES string of the molecule is Cc1cccc2cc(CN(Cc3ccccc3)C3(c4nnnn4C4CCCC4)CCCC3)c(=O)[nH]c12. The van der Waals surface area contributed by atoms with Crippen LogP contribution < -0.4 is 5.56 Å². The number of nitrogens with zero attached hydrogens (tertiary/aromatic N) is 5. The molecule has 36 heavy (non-hydrogen) atoms. The van der Waals surface area contributed by atoms with Crippen LogP contribution in [0.4, 0.5) is 0 Å². The molecule has 0 spiro atoms. The van der Waals surface area contributed by atoms with Gasteiger partial charge in [-0.3, -0.25) is 9.69 Å². The number of hydrogen-bond acceptors (Lipinski definition) is 5. The van der Waals surface area contributed by atoms with Gasteiger partial charge < -0.3 is 4.98 Å². The number of benzene rings is 2. The predicted octanol–water partition coefficient (Wildman–Crippen LogP) is 5.41. The van der Waals surface area contributed by atoms with Gasteiger partial charge in [-0.2, -0.15) is 0 Å². The van der Waals surface area contributed by atoms with Gasteiger partial charge in [0.25, 0.3) is 5.56 Å². The van der Waals surface area contributed by atoms with Crippen LogP contribution in [-0.2, 0) is 18.6 Å². The smallest absolute Gasteiger partial charge is 0.252 e. The average molecular weight is 483 g/mol. The number of H-pyrrole nitrogens is 1. The van der Waals surface area contributed by atoms with E-state index in [1.54, 1.807) is 0 Å². The fraction of sp³-hybridized carbons (Fsp3) is 0.448. The zero-order valence-electron chi connectivity index (χ0n) is 21.0. The van der Waals surface area contributed by atoms with Crippen molar-refractivity contribution in [1.29, 1.82) is 0 Å². The lowest BCUT2D eigenvalue weighted by molar-refractivity contribution is 0.0575. The highest BCUT2D eigenvalue weighted by Gasteiger charge is 2.46. The molecule has 1 N–H and O–H groups in total. The predicted molar refractivity (Wildman–Crippen MR) is 140 cm³/mol. The maximum Gasteiger partial charge on any atom is 0.252 e. The Morgan fingerprint density at radius 3 is 2.56 bits per heavy atom. The molecule has 0 saturated heterocycles. The maximum absolute atomic E-state index is 13.3. The molecular weight excluding hydrogens is 448 g/mol. The molecule has 6 rings (SSSR count). The van der Waals surface area contributed by atoms with Gasteiger partial charge in [-0.05, 0) is 65.6 Å². The first-order valence-electron chi connectivity index (χ1n) is 13.3. The van der Waals surface area contributed by atoms with Crippen LogP contribution in [0.25, 0.3) is 10.9 Å². The minimum absolute atomic E-state index is 0.0154. The number of fused-ring (bicyclic) bond motifs is 1. The summed E-state index contributed by atoms with van der Waals surface area (Å²) >= 11 is 0. The van der Waals surface area contributed by atoms with E-state index in [1.165, 1.54) is 18.4 Å². The molecular formula is C29H34N6O. The minimum atomic E-state index is -0.296. The van der Waals surface area contributed by atoms with E-state index in [9.17, 15) is 4.79 Å². The molecule has 7 nitrogen and oxygen atoms in total. The topological polar surface area (TPSA) is 79.7 Å².